The van der Waals surface area contributed by atoms with Crippen molar-refractivity contribution in [3.63, 3.8) is 0 Å². The third kappa shape index (κ3) is 4.20. The summed E-state index contributed by atoms with van der Waals surface area (Å²) in [5.74, 6) is 0. The molecule has 0 radical (unpaired) electrons. The van der Waals surface area contributed by atoms with Crippen molar-refractivity contribution in [1.82, 2.24) is 5.32 Å². The minimum absolute atomic E-state index is 0.184. The summed E-state index contributed by atoms with van der Waals surface area (Å²) < 4.78 is 16.4. The van der Waals surface area contributed by atoms with Crippen LogP contribution >= 0.6 is 0 Å². The van der Waals surface area contributed by atoms with Gasteiger partial charge in [-0.25, -0.2) is 0 Å². The Labute approximate surface area is 94.7 Å². The van der Waals surface area contributed by atoms with E-state index in [1.807, 2.05) is 0 Å². The lowest BCUT2D eigenvalue weighted by Gasteiger charge is -2.32. The molecule has 0 aliphatic rings. The molecule has 4 nitrogen and oxygen atoms in total. The summed E-state index contributed by atoms with van der Waals surface area (Å²) in [4.78, 5) is 0. The maximum Gasteiger partial charge on any atom is 0.517 e. The van der Waals surface area contributed by atoms with Crippen molar-refractivity contribution in [3.05, 3.63) is 0 Å². The molecule has 0 aliphatic heterocycles. The van der Waals surface area contributed by atoms with Gasteiger partial charge in [-0.3, -0.25) is 0 Å². The normalized spacial score (nSPS) is 14.2. The SMILES string of the molecule is CCCCNC(CC)[Si](OC)(OC)OC. The van der Waals surface area contributed by atoms with E-state index in [9.17, 15) is 0 Å². The van der Waals surface area contributed by atoms with Gasteiger partial charge in [0.05, 0.1) is 5.67 Å². The maximum absolute atomic E-state index is 5.45. The lowest BCUT2D eigenvalue weighted by molar-refractivity contribution is 0.106. The molecule has 1 N–H and O–H groups in total. The van der Waals surface area contributed by atoms with Gasteiger partial charge < -0.3 is 18.6 Å². The predicted molar refractivity (Wildman–Crippen MR) is 63.8 cm³/mol. The lowest BCUT2D eigenvalue weighted by atomic mass is 10.3. The molecule has 15 heavy (non-hydrogen) atoms. The molecule has 0 amide bonds. The zero-order chi connectivity index (χ0) is 11.7. The van der Waals surface area contributed by atoms with E-state index in [4.69, 9.17) is 13.3 Å². The van der Waals surface area contributed by atoms with Gasteiger partial charge in [0.2, 0.25) is 0 Å². The van der Waals surface area contributed by atoms with Gasteiger partial charge >= 0.3 is 8.80 Å². The van der Waals surface area contributed by atoms with E-state index in [2.05, 4.69) is 19.2 Å². The van der Waals surface area contributed by atoms with Gasteiger partial charge in [0, 0.05) is 21.3 Å². The van der Waals surface area contributed by atoms with Gasteiger partial charge in [0.1, 0.15) is 0 Å². The van der Waals surface area contributed by atoms with E-state index in [-0.39, 0.29) is 5.67 Å². The maximum atomic E-state index is 5.45. The number of rotatable bonds is 9. The summed E-state index contributed by atoms with van der Waals surface area (Å²) in [6, 6.07) is 0. The summed E-state index contributed by atoms with van der Waals surface area (Å²) in [5.41, 5.74) is 0.184. The molecule has 0 saturated carbocycles. The Morgan fingerprint density at radius 1 is 1.07 bits per heavy atom. The average molecular weight is 235 g/mol. The summed E-state index contributed by atoms with van der Waals surface area (Å²) in [6.07, 6.45) is 3.30. The predicted octanol–water partition coefficient (Wildman–Crippen LogP) is 1.57. The molecular weight excluding hydrogens is 210 g/mol. The van der Waals surface area contributed by atoms with Crippen molar-refractivity contribution >= 4 is 8.80 Å². The second-order valence-corrected chi connectivity index (χ2v) is 6.61. The van der Waals surface area contributed by atoms with Crippen molar-refractivity contribution in [3.8, 4) is 0 Å². The number of unbranched alkanes of at least 4 members (excludes halogenated alkanes) is 1. The fraction of sp³-hybridized carbons (Fsp3) is 1.00. The molecule has 0 aromatic rings. The Bertz CT molecular complexity index is 145. The molecule has 0 aromatic heterocycles. The summed E-state index contributed by atoms with van der Waals surface area (Å²) in [7, 11) is 2.46. The van der Waals surface area contributed by atoms with E-state index in [1.165, 1.54) is 6.42 Å². The first-order chi connectivity index (χ1) is 7.20. The van der Waals surface area contributed by atoms with Crippen LogP contribution in [0, 0.1) is 0 Å². The third-order valence-electron chi connectivity index (χ3n) is 2.61. The van der Waals surface area contributed by atoms with Crippen LogP contribution in [0.5, 0.6) is 0 Å². The van der Waals surface area contributed by atoms with Crippen molar-refractivity contribution in [2.24, 2.45) is 0 Å². The molecule has 0 bridgehead atoms. The first-order valence-corrected chi connectivity index (χ1v) is 7.39. The number of hydrogen-bond acceptors (Lipinski definition) is 4. The minimum Gasteiger partial charge on any atom is -0.376 e. The first kappa shape index (κ1) is 15.1. The molecule has 0 saturated heterocycles. The largest absolute Gasteiger partial charge is 0.517 e. The number of hydrogen-bond donors (Lipinski definition) is 1. The van der Waals surface area contributed by atoms with Crippen LogP contribution in [-0.4, -0.2) is 42.3 Å². The van der Waals surface area contributed by atoms with E-state index in [1.54, 1.807) is 21.3 Å². The van der Waals surface area contributed by atoms with Crippen LogP contribution in [0.4, 0.5) is 0 Å². The highest BCUT2D eigenvalue weighted by Gasteiger charge is 2.46. The van der Waals surface area contributed by atoms with Gasteiger partial charge in [-0.05, 0) is 19.4 Å². The highest BCUT2D eigenvalue weighted by molar-refractivity contribution is 6.62. The lowest BCUT2D eigenvalue weighted by Crippen LogP contribution is -2.60. The van der Waals surface area contributed by atoms with Crippen molar-refractivity contribution < 1.29 is 13.3 Å². The molecule has 0 fully saturated rings. The van der Waals surface area contributed by atoms with Gasteiger partial charge in [-0.1, -0.05) is 20.3 Å². The Morgan fingerprint density at radius 2 is 1.60 bits per heavy atom. The Kier molecular flexibility index (Phi) is 8.27. The molecule has 0 aromatic carbocycles. The van der Waals surface area contributed by atoms with E-state index in [0.717, 1.165) is 19.4 Å². The van der Waals surface area contributed by atoms with E-state index >= 15 is 0 Å². The average Bonchev–Trinajstić information content (AvgIpc) is 2.29. The van der Waals surface area contributed by atoms with Crippen LogP contribution < -0.4 is 5.32 Å². The van der Waals surface area contributed by atoms with E-state index < -0.39 is 8.80 Å². The quantitative estimate of drug-likeness (QED) is 0.486. The second-order valence-electron chi connectivity index (χ2n) is 3.48. The van der Waals surface area contributed by atoms with Crippen molar-refractivity contribution in [1.29, 1.82) is 0 Å². The molecule has 5 heteroatoms. The molecule has 0 aliphatic carbocycles. The Balaban J connectivity index is 4.31. The van der Waals surface area contributed by atoms with Gasteiger partial charge in [0.25, 0.3) is 0 Å². The summed E-state index contributed by atoms with van der Waals surface area (Å²) in [5, 5.41) is 3.45. The Morgan fingerprint density at radius 3 is 1.93 bits per heavy atom. The molecule has 0 heterocycles. The highest BCUT2D eigenvalue weighted by atomic mass is 28.4. The van der Waals surface area contributed by atoms with Crippen LogP contribution in [0.3, 0.4) is 0 Å². The topological polar surface area (TPSA) is 39.7 Å². The van der Waals surface area contributed by atoms with Crippen molar-refractivity contribution in [2.75, 3.05) is 27.9 Å². The van der Waals surface area contributed by atoms with Crippen molar-refractivity contribution in [2.45, 2.75) is 38.8 Å². The molecule has 1 atom stereocenters. The molecule has 0 spiro atoms. The zero-order valence-corrected chi connectivity index (χ0v) is 11.6. The van der Waals surface area contributed by atoms with Crippen LogP contribution in [0.1, 0.15) is 33.1 Å². The summed E-state index contributed by atoms with van der Waals surface area (Å²) in [6.45, 7) is 5.28. The standard InChI is InChI=1S/C10H25NO3Si/c1-6-8-9-11-10(7-2)15(12-3,13-4)14-5/h10-11H,6-9H2,1-5H3. The van der Waals surface area contributed by atoms with E-state index in [0.29, 0.717) is 0 Å². The summed E-state index contributed by atoms with van der Waals surface area (Å²) >= 11 is 0. The van der Waals surface area contributed by atoms with Gasteiger partial charge in [-0.2, -0.15) is 0 Å². The van der Waals surface area contributed by atoms with Crippen LogP contribution in [0.15, 0.2) is 0 Å². The fourth-order valence-electron chi connectivity index (χ4n) is 1.65. The monoisotopic (exact) mass is 235 g/mol. The molecule has 92 valence electrons. The molecule has 1 unspecified atom stereocenters. The van der Waals surface area contributed by atoms with Crippen LogP contribution in [0.2, 0.25) is 0 Å². The van der Waals surface area contributed by atoms with Crippen LogP contribution in [-0.2, 0) is 13.3 Å². The Hall–Kier alpha value is 0.0569. The van der Waals surface area contributed by atoms with Gasteiger partial charge in [0.15, 0.2) is 0 Å². The smallest absolute Gasteiger partial charge is 0.376 e. The zero-order valence-electron chi connectivity index (χ0n) is 10.6. The number of nitrogens with one attached hydrogen (secondary N) is 1. The third-order valence-corrected chi connectivity index (χ3v) is 5.78. The second kappa shape index (κ2) is 8.24. The van der Waals surface area contributed by atoms with Gasteiger partial charge in [-0.15, -0.1) is 0 Å². The van der Waals surface area contributed by atoms with Crippen LogP contribution in [0.25, 0.3) is 0 Å². The molecule has 0 rings (SSSR count). The fourth-order valence-corrected chi connectivity index (χ4v) is 3.90. The minimum atomic E-state index is -2.51. The highest BCUT2D eigenvalue weighted by Crippen LogP contribution is 2.14. The first-order valence-electron chi connectivity index (χ1n) is 5.59. The molecular formula is C10H25NO3Si.